The lowest BCUT2D eigenvalue weighted by atomic mass is 9.75. The molecule has 0 radical (unpaired) electrons. The summed E-state index contributed by atoms with van der Waals surface area (Å²) in [4.78, 5) is 2.47. The highest BCUT2D eigenvalue weighted by molar-refractivity contribution is 5.93. The minimum atomic E-state index is -0.205. The largest absolute Gasteiger partial charge is 0.310 e. The third kappa shape index (κ3) is 8.38. The summed E-state index contributed by atoms with van der Waals surface area (Å²) >= 11 is 0. The van der Waals surface area contributed by atoms with Crippen molar-refractivity contribution >= 4 is 17.1 Å². The fourth-order valence-electron chi connectivity index (χ4n) is 11.8. The summed E-state index contributed by atoms with van der Waals surface area (Å²) in [6.07, 6.45) is 0. The van der Waals surface area contributed by atoms with Gasteiger partial charge in [0.25, 0.3) is 0 Å². The second kappa shape index (κ2) is 16.6. The molecule has 0 aromatic heterocycles. The number of nitrogens with zero attached hydrogens (tertiary/aromatic N) is 1. The molecule has 2 aliphatic rings. The zero-order chi connectivity index (χ0) is 50.8. The van der Waals surface area contributed by atoms with Gasteiger partial charge in [-0.05, 0) is 170 Å². The van der Waals surface area contributed by atoms with E-state index in [2.05, 4.69) is 279 Å². The van der Waals surface area contributed by atoms with Crippen molar-refractivity contribution in [2.45, 2.75) is 143 Å². The first kappa shape index (κ1) is 48.2. The molecule has 8 aromatic rings. The van der Waals surface area contributed by atoms with Gasteiger partial charge < -0.3 is 4.90 Å². The Morgan fingerprint density at radius 3 is 1.01 bits per heavy atom. The lowest BCUT2D eigenvalue weighted by molar-refractivity contribution is 0.584. The van der Waals surface area contributed by atoms with E-state index in [1.807, 2.05) is 0 Å². The van der Waals surface area contributed by atoms with E-state index in [-0.39, 0.29) is 32.5 Å². The number of anilines is 3. The van der Waals surface area contributed by atoms with E-state index < -0.39 is 0 Å². The van der Waals surface area contributed by atoms with Crippen LogP contribution in [0.25, 0.3) is 55.6 Å². The summed E-state index contributed by atoms with van der Waals surface area (Å²) in [6, 6.07) is 63.3. The first-order chi connectivity index (χ1) is 33.2. The fourth-order valence-corrected chi connectivity index (χ4v) is 11.8. The molecule has 0 saturated carbocycles. The van der Waals surface area contributed by atoms with E-state index in [0.29, 0.717) is 0 Å². The predicted octanol–water partition coefficient (Wildman–Crippen LogP) is 20.0. The number of rotatable bonds is 6. The van der Waals surface area contributed by atoms with Crippen molar-refractivity contribution in [3.8, 4) is 55.6 Å². The van der Waals surface area contributed by atoms with E-state index in [9.17, 15) is 0 Å². The Morgan fingerprint density at radius 2 is 0.620 bits per heavy atom. The zero-order valence-electron chi connectivity index (χ0n) is 45.5. The molecule has 360 valence electrons. The van der Waals surface area contributed by atoms with Crippen molar-refractivity contribution in [3.63, 3.8) is 0 Å². The molecule has 10 rings (SSSR count). The van der Waals surface area contributed by atoms with E-state index in [1.165, 1.54) is 100 Å². The predicted molar refractivity (Wildman–Crippen MR) is 307 cm³/mol. The number of hydrogen-bond acceptors (Lipinski definition) is 1. The van der Waals surface area contributed by atoms with Crippen molar-refractivity contribution in [2.24, 2.45) is 0 Å². The highest BCUT2D eigenvalue weighted by Crippen LogP contribution is 2.55. The van der Waals surface area contributed by atoms with Crippen molar-refractivity contribution < 1.29 is 0 Å². The van der Waals surface area contributed by atoms with Crippen molar-refractivity contribution in [1.82, 2.24) is 0 Å². The minimum absolute atomic E-state index is 0.0665. The van der Waals surface area contributed by atoms with E-state index in [1.54, 1.807) is 0 Å². The Bertz CT molecular complexity index is 3200. The monoisotopic (exact) mass is 930 g/mol. The molecule has 0 bridgehead atoms. The molecule has 8 aromatic carbocycles. The van der Waals surface area contributed by atoms with Crippen LogP contribution in [0.4, 0.5) is 17.1 Å². The molecule has 0 atom stereocenters. The van der Waals surface area contributed by atoms with Crippen LogP contribution in [-0.2, 0) is 32.5 Å². The Kier molecular flexibility index (Phi) is 11.2. The van der Waals surface area contributed by atoms with Crippen LogP contribution >= 0.6 is 0 Å². The Labute approximate surface area is 427 Å². The summed E-state index contributed by atoms with van der Waals surface area (Å²) in [5.41, 5.74) is 27.0. The fraction of sp³-hybridized carbons (Fsp3) is 0.314. The third-order valence-electron chi connectivity index (χ3n) is 16.1. The first-order valence-corrected chi connectivity index (χ1v) is 26.1. The minimum Gasteiger partial charge on any atom is -0.310 e. The van der Waals surface area contributed by atoms with Crippen LogP contribution in [0.15, 0.2) is 164 Å². The molecule has 0 N–H and O–H groups in total. The average Bonchev–Trinajstić information content (AvgIpc) is 3.68. The van der Waals surface area contributed by atoms with Crippen LogP contribution in [0, 0.1) is 0 Å². The summed E-state index contributed by atoms with van der Waals surface area (Å²) < 4.78 is 0. The standard InChI is InChI=1S/C70H75N/c1-65(2,3)48-28-22-44(23-29-48)45-24-32-52(33-25-45)71(51-20-18-17-19-21-51)53-42-58(46-26-34-54-56-36-30-49(66(4,5)6)40-62(56)69(13,14)60(54)38-46)64(68(10,11)12)59(43-53)47-27-35-55-57-37-31-50(67(7,8)9)41-63(57)70(15,16)61(55)39-47/h17-43H,1-16H3. The van der Waals surface area contributed by atoms with Crippen molar-refractivity contribution in [1.29, 1.82) is 0 Å². The molecule has 0 aliphatic heterocycles. The van der Waals surface area contributed by atoms with E-state index in [0.717, 1.165) is 17.1 Å². The highest BCUT2D eigenvalue weighted by Gasteiger charge is 2.39. The molecule has 2 aliphatic carbocycles. The highest BCUT2D eigenvalue weighted by atomic mass is 15.1. The smallest absolute Gasteiger partial charge is 0.0474 e. The van der Waals surface area contributed by atoms with Crippen LogP contribution in [0.3, 0.4) is 0 Å². The topological polar surface area (TPSA) is 3.24 Å². The normalized spacial score (nSPS) is 14.7. The van der Waals surface area contributed by atoms with Gasteiger partial charge in [-0.25, -0.2) is 0 Å². The molecule has 1 nitrogen and oxygen atoms in total. The first-order valence-electron chi connectivity index (χ1n) is 26.1. The second-order valence-electron chi connectivity index (χ2n) is 26.0. The van der Waals surface area contributed by atoms with Gasteiger partial charge in [0.2, 0.25) is 0 Å². The second-order valence-corrected chi connectivity index (χ2v) is 26.0. The van der Waals surface area contributed by atoms with Crippen LogP contribution < -0.4 is 4.90 Å². The number of fused-ring (bicyclic) bond motifs is 6. The molecule has 0 unspecified atom stereocenters. The lowest BCUT2D eigenvalue weighted by Gasteiger charge is -2.32. The molecule has 1 heteroatoms. The van der Waals surface area contributed by atoms with Gasteiger partial charge in [0.15, 0.2) is 0 Å². The molecule has 0 amide bonds. The van der Waals surface area contributed by atoms with Crippen LogP contribution in [0.2, 0.25) is 0 Å². The third-order valence-corrected chi connectivity index (χ3v) is 16.1. The van der Waals surface area contributed by atoms with Gasteiger partial charge in [0.05, 0.1) is 0 Å². The Hall–Kier alpha value is -6.44. The zero-order valence-corrected chi connectivity index (χ0v) is 45.5. The maximum atomic E-state index is 2.53. The van der Waals surface area contributed by atoms with Gasteiger partial charge in [-0.3, -0.25) is 0 Å². The molecular weight excluding hydrogens is 855 g/mol. The van der Waals surface area contributed by atoms with Crippen LogP contribution in [0.1, 0.15) is 155 Å². The molecule has 71 heavy (non-hydrogen) atoms. The summed E-state index contributed by atoms with van der Waals surface area (Å²) in [7, 11) is 0. The molecule has 0 heterocycles. The molecule has 0 spiro atoms. The molecule has 0 saturated heterocycles. The van der Waals surface area contributed by atoms with Crippen LogP contribution in [-0.4, -0.2) is 0 Å². The van der Waals surface area contributed by atoms with Gasteiger partial charge >= 0.3 is 0 Å². The number of benzene rings is 8. The summed E-state index contributed by atoms with van der Waals surface area (Å²) in [6.45, 7) is 37.7. The van der Waals surface area contributed by atoms with Crippen LogP contribution in [0.5, 0.6) is 0 Å². The van der Waals surface area contributed by atoms with Gasteiger partial charge in [-0.2, -0.15) is 0 Å². The number of hydrogen-bond donors (Lipinski definition) is 0. The Balaban J connectivity index is 1.20. The molecular formula is C70H75N. The maximum Gasteiger partial charge on any atom is 0.0474 e. The lowest BCUT2D eigenvalue weighted by Crippen LogP contribution is -2.19. The Morgan fingerprint density at radius 1 is 0.282 bits per heavy atom. The quantitative estimate of drug-likeness (QED) is 0.161. The summed E-state index contributed by atoms with van der Waals surface area (Å²) in [5, 5.41) is 0. The van der Waals surface area contributed by atoms with E-state index in [4.69, 9.17) is 0 Å². The maximum absolute atomic E-state index is 2.53. The summed E-state index contributed by atoms with van der Waals surface area (Å²) in [5.74, 6) is 0. The van der Waals surface area contributed by atoms with Gasteiger partial charge in [-0.15, -0.1) is 0 Å². The number of para-hydroxylation sites is 1. The van der Waals surface area contributed by atoms with Crippen molar-refractivity contribution in [3.05, 3.63) is 208 Å². The average molecular weight is 930 g/mol. The van der Waals surface area contributed by atoms with Gasteiger partial charge in [0.1, 0.15) is 0 Å². The van der Waals surface area contributed by atoms with Crippen molar-refractivity contribution in [2.75, 3.05) is 4.90 Å². The molecule has 0 fully saturated rings. The van der Waals surface area contributed by atoms with Gasteiger partial charge in [0, 0.05) is 27.9 Å². The van der Waals surface area contributed by atoms with E-state index >= 15 is 0 Å². The van der Waals surface area contributed by atoms with Gasteiger partial charge in [-0.1, -0.05) is 226 Å². The SMILES string of the molecule is CC(C)(C)c1ccc(-c2ccc(N(c3ccccc3)c3cc(-c4ccc5c(c4)C(C)(C)c4cc(C(C)(C)C)ccc4-5)c(C(C)(C)C)c(-c4ccc5c(c4)C(C)(C)c4cc(C(C)(C)C)ccc4-5)c3)cc2)cc1.